The zero-order chi connectivity index (χ0) is 11.5. The summed E-state index contributed by atoms with van der Waals surface area (Å²) in [4.78, 5) is 11.0. The van der Waals surface area contributed by atoms with Crippen LogP contribution in [0.4, 0.5) is 13.6 Å². The van der Waals surface area contributed by atoms with Crippen LogP contribution in [0.25, 0.3) is 0 Å². The van der Waals surface area contributed by atoms with Gasteiger partial charge in [0.25, 0.3) is 5.92 Å². The number of amides is 1. The topological polar surface area (TPSA) is 38.3 Å². The highest BCUT2D eigenvalue weighted by atomic mass is 19.3. The Hall–Kier alpha value is -0.870. The van der Waals surface area contributed by atoms with E-state index in [2.05, 4.69) is 5.32 Å². The molecule has 0 spiro atoms. The molecule has 1 aliphatic rings. The number of nitrogens with one attached hydrogen (secondary N) is 1. The maximum Gasteiger partial charge on any atom is 0.407 e. The van der Waals surface area contributed by atoms with Crippen molar-refractivity contribution < 1.29 is 18.3 Å². The first-order valence-electron chi connectivity index (χ1n) is 5.31. The summed E-state index contributed by atoms with van der Waals surface area (Å²) in [6, 6.07) is -1.05. The van der Waals surface area contributed by atoms with Gasteiger partial charge in [-0.2, -0.15) is 0 Å². The van der Waals surface area contributed by atoms with Gasteiger partial charge >= 0.3 is 6.09 Å². The first-order valence-corrected chi connectivity index (χ1v) is 5.31. The normalized spacial score (nSPS) is 27.2. The van der Waals surface area contributed by atoms with Crippen LogP contribution in [-0.4, -0.2) is 24.7 Å². The van der Waals surface area contributed by atoms with Crippen LogP contribution in [-0.2, 0) is 4.74 Å². The van der Waals surface area contributed by atoms with E-state index in [1.807, 2.05) is 6.92 Å². The molecule has 2 unspecified atom stereocenters. The van der Waals surface area contributed by atoms with Crippen LogP contribution in [0.2, 0.25) is 0 Å². The van der Waals surface area contributed by atoms with Crippen LogP contribution < -0.4 is 5.32 Å². The van der Waals surface area contributed by atoms with Crippen molar-refractivity contribution in [1.29, 1.82) is 0 Å². The third-order valence-electron chi connectivity index (χ3n) is 2.67. The molecule has 15 heavy (non-hydrogen) atoms. The Kier molecular flexibility index (Phi) is 3.88. The SMILES string of the molecule is CCCCCOC(=O)NC1C(C)C1(F)F. The quantitative estimate of drug-likeness (QED) is 0.724. The van der Waals surface area contributed by atoms with Gasteiger partial charge in [-0.05, 0) is 6.42 Å². The van der Waals surface area contributed by atoms with E-state index in [4.69, 9.17) is 4.74 Å². The molecule has 0 aromatic heterocycles. The van der Waals surface area contributed by atoms with Crippen molar-refractivity contribution >= 4 is 6.09 Å². The van der Waals surface area contributed by atoms with Gasteiger partial charge in [0.05, 0.1) is 6.61 Å². The number of unbranched alkanes of at least 4 members (excludes halogenated alkanes) is 2. The molecular weight excluding hydrogens is 204 g/mol. The van der Waals surface area contributed by atoms with Crippen LogP contribution >= 0.6 is 0 Å². The molecule has 0 radical (unpaired) electrons. The third-order valence-corrected chi connectivity index (χ3v) is 2.67. The first kappa shape index (κ1) is 12.2. The second kappa shape index (κ2) is 4.77. The highest BCUT2D eigenvalue weighted by Crippen LogP contribution is 2.48. The fourth-order valence-electron chi connectivity index (χ4n) is 1.39. The van der Waals surface area contributed by atoms with Crippen molar-refractivity contribution in [3.63, 3.8) is 0 Å². The number of hydrogen-bond acceptors (Lipinski definition) is 2. The van der Waals surface area contributed by atoms with Gasteiger partial charge in [-0.15, -0.1) is 0 Å². The highest BCUT2D eigenvalue weighted by molar-refractivity contribution is 5.68. The predicted octanol–water partition coefficient (Wildman–Crippen LogP) is 2.56. The van der Waals surface area contributed by atoms with E-state index in [1.165, 1.54) is 6.92 Å². The minimum absolute atomic E-state index is 0.298. The molecule has 0 heterocycles. The number of alkyl carbamates (subject to hydrolysis) is 1. The molecule has 0 saturated heterocycles. The summed E-state index contributed by atoms with van der Waals surface area (Å²) in [5, 5.41) is 2.16. The molecule has 1 rings (SSSR count). The van der Waals surface area contributed by atoms with E-state index in [0.29, 0.717) is 6.61 Å². The van der Waals surface area contributed by atoms with Crippen LogP contribution in [0.5, 0.6) is 0 Å². The maximum atomic E-state index is 12.7. The molecule has 1 aliphatic carbocycles. The fraction of sp³-hybridized carbons (Fsp3) is 0.900. The van der Waals surface area contributed by atoms with E-state index < -0.39 is 24.0 Å². The summed E-state index contributed by atoms with van der Waals surface area (Å²) >= 11 is 0. The lowest BCUT2D eigenvalue weighted by atomic mass is 10.3. The molecule has 3 nitrogen and oxygen atoms in total. The Morgan fingerprint density at radius 2 is 2.07 bits per heavy atom. The average Bonchev–Trinajstić information content (AvgIpc) is 2.63. The fourth-order valence-corrected chi connectivity index (χ4v) is 1.39. The Morgan fingerprint density at radius 3 is 2.53 bits per heavy atom. The smallest absolute Gasteiger partial charge is 0.407 e. The minimum Gasteiger partial charge on any atom is -0.450 e. The van der Waals surface area contributed by atoms with Crippen molar-refractivity contribution in [3.8, 4) is 0 Å². The van der Waals surface area contributed by atoms with Crippen LogP contribution in [0.1, 0.15) is 33.1 Å². The Bertz CT molecular complexity index is 233. The van der Waals surface area contributed by atoms with Crippen molar-refractivity contribution in [2.75, 3.05) is 6.61 Å². The number of carbonyl (C=O) groups excluding carboxylic acids is 1. The summed E-state index contributed by atoms with van der Waals surface area (Å²) in [5.74, 6) is -3.54. The van der Waals surface area contributed by atoms with Gasteiger partial charge in [-0.25, -0.2) is 13.6 Å². The molecule has 88 valence electrons. The molecule has 1 saturated carbocycles. The molecule has 2 atom stereocenters. The second-order valence-corrected chi connectivity index (χ2v) is 3.93. The van der Waals surface area contributed by atoms with Crippen molar-refractivity contribution in [2.24, 2.45) is 5.92 Å². The van der Waals surface area contributed by atoms with Gasteiger partial charge in [0.15, 0.2) is 0 Å². The summed E-state index contributed by atoms with van der Waals surface area (Å²) in [7, 11) is 0. The van der Waals surface area contributed by atoms with E-state index in [-0.39, 0.29) is 0 Å². The molecule has 1 amide bonds. The van der Waals surface area contributed by atoms with E-state index in [1.54, 1.807) is 0 Å². The summed E-state index contributed by atoms with van der Waals surface area (Å²) in [6.07, 6.45) is 2.05. The van der Waals surface area contributed by atoms with Crippen molar-refractivity contribution in [3.05, 3.63) is 0 Å². The average molecular weight is 221 g/mol. The highest BCUT2D eigenvalue weighted by Gasteiger charge is 2.66. The Balaban J connectivity index is 2.10. The van der Waals surface area contributed by atoms with Gasteiger partial charge < -0.3 is 10.1 Å². The lowest BCUT2D eigenvalue weighted by molar-refractivity contribution is 0.0879. The Morgan fingerprint density at radius 1 is 1.47 bits per heavy atom. The Labute approximate surface area is 88.2 Å². The maximum absolute atomic E-state index is 12.7. The van der Waals surface area contributed by atoms with Gasteiger partial charge in [0.1, 0.15) is 6.04 Å². The third kappa shape index (κ3) is 3.04. The number of hydrogen-bond donors (Lipinski definition) is 1. The monoisotopic (exact) mass is 221 g/mol. The molecule has 0 aromatic rings. The molecule has 1 fully saturated rings. The minimum atomic E-state index is -2.76. The zero-order valence-electron chi connectivity index (χ0n) is 9.06. The van der Waals surface area contributed by atoms with Gasteiger partial charge in [0.2, 0.25) is 0 Å². The molecule has 1 N–H and O–H groups in total. The largest absolute Gasteiger partial charge is 0.450 e. The second-order valence-electron chi connectivity index (χ2n) is 3.93. The van der Waals surface area contributed by atoms with E-state index in [0.717, 1.165) is 19.3 Å². The lowest BCUT2D eigenvalue weighted by Gasteiger charge is -2.05. The molecule has 0 aliphatic heterocycles. The number of halogens is 2. The number of alkyl halides is 2. The summed E-state index contributed by atoms with van der Waals surface area (Å²) < 4.78 is 30.2. The predicted molar refractivity (Wildman–Crippen MR) is 51.9 cm³/mol. The standard InChI is InChI=1S/C10H17F2NO2/c1-3-4-5-6-15-9(14)13-8-7(2)10(8,11)12/h7-8H,3-6H2,1-2H3,(H,13,14). The van der Waals surface area contributed by atoms with Gasteiger partial charge in [-0.3, -0.25) is 0 Å². The molecule has 0 bridgehead atoms. The van der Waals surface area contributed by atoms with E-state index >= 15 is 0 Å². The number of carbonyl (C=O) groups is 1. The van der Waals surface area contributed by atoms with Crippen LogP contribution in [0, 0.1) is 5.92 Å². The van der Waals surface area contributed by atoms with Gasteiger partial charge in [0, 0.05) is 5.92 Å². The molecule has 0 aromatic carbocycles. The van der Waals surface area contributed by atoms with E-state index in [9.17, 15) is 13.6 Å². The summed E-state index contributed by atoms with van der Waals surface area (Å²) in [6.45, 7) is 3.74. The number of ether oxygens (including phenoxy) is 1. The first-order chi connectivity index (χ1) is 7.00. The lowest BCUT2D eigenvalue weighted by Crippen LogP contribution is -2.30. The van der Waals surface area contributed by atoms with Gasteiger partial charge in [-0.1, -0.05) is 26.7 Å². The molecule has 5 heteroatoms. The summed E-state index contributed by atoms with van der Waals surface area (Å²) in [5.41, 5.74) is 0. The zero-order valence-corrected chi connectivity index (χ0v) is 9.06. The van der Waals surface area contributed by atoms with Crippen LogP contribution in [0.15, 0.2) is 0 Å². The van der Waals surface area contributed by atoms with Crippen LogP contribution in [0.3, 0.4) is 0 Å². The molecular formula is C10H17F2NO2. The van der Waals surface area contributed by atoms with Crippen molar-refractivity contribution in [1.82, 2.24) is 5.32 Å². The van der Waals surface area contributed by atoms with Crippen molar-refractivity contribution in [2.45, 2.75) is 45.1 Å². The number of rotatable bonds is 5.